The third-order valence-corrected chi connectivity index (χ3v) is 12.5. The van der Waals surface area contributed by atoms with Gasteiger partial charge in [0, 0.05) is 36.2 Å². The quantitative estimate of drug-likeness (QED) is 0.150. The van der Waals surface area contributed by atoms with Gasteiger partial charge in [0.25, 0.3) is 0 Å². The van der Waals surface area contributed by atoms with Crippen molar-refractivity contribution in [3.63, 3.8) is 0 Å². The van der Waals surface area contributed by atoms with Gasteiger partial charge in [-0.15, -0.1) is 34.0 Å². The van der Waals surface area contributed by atoms with Crippen molar-refractivity contribution in [3.05, 3.63) is 94.8 Å². The van der Waals surface area contributed by atoms with Crippen LogP contribution in [0.5, 0.6) is 0 Å². The lowest BCUT2D eigenvalue weighted by atomic mass is 10.1. The normalized spacial score (nSPS) is 17.9. The van der Waals surface area contributed by atoms with Gasteiger partial charge in [-0.05, 0) is 6.92 Å². The highest BCUT2D eigenvalue weighted by Crippen LogP contribution is 2.48. The molecule has 3 aliphatic carbocycles. The van der Waals surface area contributed by atoms with Crippen LogP contribution in [0.2, 0.25) is 0 Å². The number of alkyl halides is 15. The van der Waals surface area contributed by atoms with E-state index in [0.29, 0.717) is 0 Å². The second-order valence-electron chi connectivity index (χ2n) is 13.0. The molecule has 0 fully saturated rings. The summed E-state index contributed by atoms with van der Waals surface area (Å²) in [4.78, 5) is 2.40. The number of thiazole rings is 3. The van der Waals surface area contributed by atoms with Crippen LogP contribution in [-0.2, 0) is 30.9 Å². The maximum atomic E-state index is 16.9. The second kappa shape index (κ2) is 15.0. The van der Waals surface area contributed by atoms with E-state index in [-0.39, 0.29) is 11.3 Å². The third kappa shape index (κ3) is 7.05. The molecule has 0 bridgehead atoms. The van der Waals surface area contributed by atoms with Gasteiger partial charge in [0.2, 0.25) is 0 Å². The number of nitrogens with zero attached hydrogens (tertiary/aromatic N) is 6. The fourth-order valence-electron chi connectivity index (χ4n) is 6.79. The summed E-state index contributed by atoms with van der Waals surface area (Å²) in [6.07, 6.45) is -29.2. The van der Waals surface area contributed by atoms with Crippen LogP contribution in [0.4, 0.5) is 92.2 Å². The minimum atomic E-state index is -6.00. The number of hydrogen-bond donors (Lipinski definition) is 0. The fraction of sp³-hybridized carbons (Fsp3) is 0.167. The van der Waals surface area contributed by atoms with E-state index < -0.39 is 200 Å². The van der Waals surface area contributed by atoms with Crippen molar-refractivity contribution in [3.8, 4) is 18.2 Å². The van der Waals surface area contributed by atoms with E-state index in [1.165, 1.54) is 0 Å². The molecule has 3 heterocycles. The highest BCUT2D eigenvalue weighted by atomic mass is 32.1. The molecule has 6 nitrogen and oxygen atoms in total. The Morgan fingerprint density at radius 2 is 0.606 bits per heavy atom. The molecule has 0 radical (unpaired) electrons. The highest BCUT2D eigenvalue weighted by Gasteiger charge is 2.50. The molecule has 342 valence electrons. The van der Waals surface area contributed by atoms with Crippen LogP contribution >= 0.6 is 34.0 Å². The first-order valence-corrected chi connectivity index (χ1v) is 18.9. The first-order valence-electron chi connectivity index (χ1n) is 16.5. The molecule has 4 aromatic rings. The Labute approximate surface area is 358 Å². The molecule has 66 heavy (non-hydrogen) atoms. The third-order valence-electron chi connectivity index (χ3n) is 9.23. The lowest BCUT2D eigenvalue weighted by molar-refractivity contribution is -0.162. The minimum Gasteiger partial charge on any atom is -0.230 e. The number of aromatic nitrogens is 3. The zero-order valence-electron chi connectivity index (χ0n) is 30.3. The Morgan fingerprint density at radius 1 is 0.379 bits per heavy atom. The van der Waals surface area contributed by atoms with Crippen molar-refractivity contribution < 1.29 is 92.2 Å². The minimum absolute atomic E-state index is 0.0581. The number of hydrogen-bond acceptors (Lipinski definition) is 9. The zero-order valence-corrected chi connectivity index (χ0v) is 32.8. The second-order valence-corrected chi connectivity index (χ2v) is 16.2. The van der Waals surface area contributed by atoms with Gasteiger partial charge in [-0.25, -0.2) is 41.3 Å². The number of halogens is 21. The Hall–Kier alpha value is -6.45. The molecule has 0 unspecified atom stereocenters. The molecule has 0 saturated heterocycles. The first kappa shape index (κ1) is 47.5. The summed E-state index contributed by atoms with van der Waals surface area (Å²) < 4.78 is 307. The van der Waals surface area contributed by atoms with Crippen molar-refractivity contribution in [1.29, 1.82) is 15.8 Å². The van der Waals surface area contributed by atoms with Crippen LogP contribution in [0, 0.1) is 40.9 Å². The van der Waals surface area contributed by atoms with Crippen LogP contribution in [0.3, 0.4) is 0 Å². The van der Waals surface area contributed by atoms with E-state index >= 15 is 26.3 Å². The molecule has 0 spiro atoms. The number of rotatable bonds is 3. The van der Waals surface area contributed by atoms with Crippen LogP contribution in [-0.4, -0.2) is 15.0 Å². The molecule has 0 N–H and O–H groups in total. The van der Waals surface area contributed by atoms with E-state index in [4.69, 9.17) is 0 Å². The van der Waals surface area contributed by atoms with Gasteiger partial charge in [-0.3, -0.25) is 0 Å². The van der Waals surface area contributed by atoms with E-state index in [1.54, 1.807) is 0 Å². The summed E-state index contributed by atoms with van der Waals surface area (Å²) in [6.45, 7) is 0.760. The summed E-state index contributed by atoms with van der Waals surface area (Å²) >= 11 is -2.16. The van der Waals surface area contributed by atoms with E-state index in [0.717, 1.165) is 25.1 Å². The summed E-state index contributed by atoms with van der Waals surface area (Å²) in [7, 11) is 0. The standard InChI is InChI=1S/C36H3F21N6S3/c1-5-24(32(43,44)45)61-29(64-5)6(2-58)9-18(37)12-13(19(9)38)15-17(23(42)11(21(15)40)8(4-60)31-63-26(34(49,50)51)28(66-31)36(55,56)57)16-14(12)20(39)10(22(16)41)7(3-59)30-62-25(33(46,47)48)27(65-30)35(52,53)54/h1H3/b9-6-,10-7+,11-8-. The SMILES string of the molecule is Cc1sc(/C(C#N)=C2\C(F)=c3c4c(c5c(c3=C2F)=C(F)/C(=C(/C#N)c2nc(C(F)(F)F)c(C(F)(F)F)s2)C=5F)=C(F)/C(=C(/C#N)c2nc(C(F)(F)F)c(C(F)(F)F)s2)C=4F)nc1C(F)(F)F. The molecule has 0 aliphatic heterocycles. The smallest absolute Gasteiger partial charge is 0.230 e. The van der Waals surface area contributed by atoms with E-state index in [2.05, 4.69) is 15.0 Å². The largest absolute Gasteiger partial charge is 0.434 e. The lowest BCUT2D eigenvalue weighted by Gasteiger charge is -2.08. The maximum Gasteiger partial charge on any atom is 0.434 e. The topological polar surface area (TPSA) is 110 Å². The van der Waals surface area contributed by atoms with Gasteiger partial charge in [0.15, 0.2) is 17.1 Å². The number of fused-ring (bicyclic) bond motifs is 6. The molecular weight excluding hydrogens is 1010 g/mol. The lowest BCUT2D eigenvalue weighted by Crippen LogP contribution is -2.64. The van der Waals surface area contributed by atoms with Gasteiger partial charge in [0.1, 0.15) is 94.7 Å². The summed E-state index contributed by atoms with van der Waals surface area (Å²) in [5, 5.41) is 13.6. The Bertz CT molecular complexity index is 3310. The number of benzene rings is 1. The van der Waals surface area contributed by atoms with E-state index in [9.17, 15) is 81.6 Å². The Kier molecular flexibility index (Phi) is 10.8. The zero-order chi connectivity index (χ0) is 49.5. The summed E-state index contributed by atoms with van der Waals surface area (Å²) in [5.74, 6) is -14.9. The number of allylic oxidation sites excluding steroid dienone is 6. The predicted octanol–water partition coefficient (Wildman–Crippen LogP) is 8.90. The number of nitriles is 3. The van der Waals surface area contributed by atoms with Crippen LogP contribution in [0.25, 0.3) is 51.7 Å². The molecular formula is C36H3F21N6S3. The molecule has 30 heteroatoms. The van der Waals surface area contributed by atoms with Gasteiger partial charge in [-0.2, -0.15) is 81.6 Å². The molecule has 0 atom stereocenters. The fourth-order valence-corrected chi connectivity index (χ4v) is 9.63. The van der Waals surface area contributed by atoms with Crippen LogP contribution in [0.15, 0.2) is 16.7 Å². The summed E-state index contributed by atoms with van der Waals surface area (Å²) in [5.41, 5.74) is -18.8. The average molecular weight is 1010 g/mol. The molecule has 7 rings (SSSR count). The Balaban J connectivity index is 1.76. The van der Waals surface area contributed by atoms with E-state index in [1.807, 2.05) is 0 Å². The van der Waals surface area contributed by atoms with Crippen LogP contribution in [0.1, 0.15) is 46.7 Å². The van der Waals surface area contributed by atoms with Crippen molar-refractivity contribution in [2.45, 2.75) is 37.8 Å². The first-order chi connectivity index (χ1) is 30.2. The average Bonchev–Trinajstić information content (AvgIpc) is 4.03. The molecule has 1 aromatic carbocycles. The van der Waals surface area contributed by atoms with Crippen LogP contribution < -0.4 is 31.3 Å². The van der Waals surface area contributed by atoms with Crippen molar-refractivity contribution in [1.82, 2.24) is 15.0 Å². The van der Waals surface area contributed by atoms with Gasteiger partial charge >= 0.3 is 30.9 Å². The number of aryl methyl sites for hydroxylation is 1. The monoisotopic (exact) mass is 1010 g/mol. The Morgan fingerprint density at radius 3 is 0.788 bits per heavy atom. The molecule has 0 amide bonds. The molecule has 0 saturated carbocycles. The predicted molar refractivity (Wildman–Crippen MR) is 185 cm³/mol. The van der Waals surface area contributed by atoms with Gasteiger partial charge in [0.05, 0.1) is 16.7 Å². The van der Waals surface area contributed by atoms with Gasteiger partial charge in [-0.1, -0.05) is 0 Å². The molecule has 3 aliphatic rings. The van der Waals surface area contributed by atoms with Crippen molar-refractivity contribution in [2.75, 3.05) is 0 Å². The van der Waals surface area contributed by atoms with Gasteiger partial charge < -0.3 is 0 Å². The van der Waals surface area contributed by atoms with Crippen molar-refractivity contribution >= 4 is 85.7 Å². The van der Waals surface area contributed by atoms with Crippen molar-refractivity contribution in [2.24, 2.45) is 0 Å². The maximum absolute atomic E-state index is 16.9. The highest BCUT2D eigenvalue weighted by molar-refractivity contribution is 7.13. The molecule has 3 aromatic heterocycles. The summed E-state index contributed by atoms with van der Waals surface area (Å²) in [6, 6.07) is 2.81.